The molecular formula is C24H34N8O. The minimum absolute atomic E-state index is 0.276. The second-order valence-corrected chi connectivity index (χ2v) is 8.78. The van der Waals surface area contributed by atoms with Gasteiger partial charge in [0, 0.05) is 32.2 Å². The third kappa shape index (κ3) is 5.08. The first kappa shape index (κ1) is 23.0. The fraction of sp³-hybridized carbons (Fsp3) is 0.500. The van der Waals surface area contributed by atoms with Gasteiger partial charge in [-0.1, -0.05) is 19.9 Å². The highest BCUT2D eigenvalue weighted by Crippen LogP contribution is 2.21. The molecule has 1 N–H and O–H groups in total. The zero-order chi connectivity index (χ0) is 23.4. The molecule has 0 aromatic carbocycles. The third-order valence-corrected chi connectivity index (χ3v) is 6.09. The Morgan fingerprint density at radius 2 is 1.94 bits per heavy atom. The molecule has 176 valence electrons. The molecule has 0 bridgehead atoms. The Kier molecular flexibility index (Phi) is 7.08. The summed E-state index contributed by atoms with van der Waals surface area (Å²) in [5.74, 6) is 1.98. The maximum atomic E-state index is 13.1. The Morgan fingerprint density at radius 1 is 1.15 bits per heavy atom. The van der Waals surface area contributed by atoms with Gasteiger partial charge in [-0.15, -0.1) is 5.10 Å². The second kappa shape index (κ2) is 10.2. The quantitative estimate of drug-likeness (QED) is 0.536. The largest absolute Gasteiger partial charge is 0.357 e. The van der Waals surface area contributed by atoms with Gasteiger partial charge in [0.1, 0.15) is 17.5 Å². The number of pyridine rings is 1. The topological polar surface area (TPSA) is 81.9 Å². The average Bonchev–Trinajstić information content (AvgIpc) is 3.46. The minimum Gasteiger partial charge on any atom is -0.357 e. The van der Waals surface area contributed by atoms with E-state index >= 15 is 0 Å². The number of carbonyl (C=O) groups is 1. The van der Waals surface area contributed by atoms with Crippen molar-refractivity contribution >= 4 is 29.0 Å². The van der Waals surface area contributed by atoms with E-state index in [-0.39, 0.29) is 5.91 Å². The highest BCUT2D eigenvalue weighted by atomic mass is 16.2. The summed E-state index contributed by atoms with van der Waals surface area (Å²) in [7, 11) is 4.21. The van der Waals surface area contributed by atoms with Gasteiger partial charge in [0.05, 0.1) is 6.20 Å². The maximum absolute atomic E-state index is 13.1. The number of hydrogen-bond acceptors (Lipinski definition) is 7. The van der Waals surface area contributed by atoms with Gasteiger partial charge in [0.2, 0.25) is 0 Å². The molecule has 33 heavy (non-hydrogen) atoms. The van der Waals surface area contributed by atoms with Crippen molar-refractivity contribution in [2.24, 2.45) is 0 Å². The van der Waals surface area contributed by atoms with Gasteiger partial charge in [-0.25, -0.2) is 14.5 Å². The highest BCUT2D eigenvalue weighted by Gasteiger charge is 2.25. The van der Waals surface area contributed by atoms with Gasteiger partial charge in [0.15, 0.2) is 11.3 Å². The Morgan fingerprint density at radius 3 is 2.64 bits per heavy atom. The van der Waals surface area contributed by atoms with Crippen molar-refractivity contribution in [3.8, 4) is 0 Å². The SMILES string of the molecule is CCCN(CCC)c1cccc(NC(=O)c2cnc3ccc(N4CC[C@@H](N(C)C)C4)nn23)n1. The summed E-state index contributed by atoms with van der Waals surface area (Å²) in [5, 5.41) is 7.67. The number of fused-ring (bicyclic) bond motifs is 1. The molecule has 0 saturated carbocycles. The van der Waals surface area contributed by atoms with E-state index in [9.17, 15) is 4.79 Å². The van der Waals surface area contributed by atoms with E-state index in [1.807, 2.05) is 30.3 Å². The van der Waals surface area contributed by atoms with E-state index in [2.05, 4.69) is 57.9 Å². The molecular weight excluding hydrogens is 416 g/mol. The molecule has 0 aliphatic carbocycles. The van der Waals surface area contributed by atoms with E-state index in [1.54, 1.807) is 10.7 Å². The number of likely N-dealkylation sites (N-methyl/N-ethyl adjacent to an activating group) is 1. The molecule has 1 aliphatic rings. The molecule has 0 unspecified atom stereocenters. The number of amides is 1. The Bertz CT molecular complexity index is 1090. The zero-order valence-corrected chi connectivity index (χ0v) is 20.0. The smallest absolute Gasteiger partial charge is 0.277 e. The predicted molar refractivity (Wildman–Crippen MR) is 132 cm³/mol. The molecule has 9 nitrogen and oxygen atoms in total. The van der Waals surface area contributed by atoms with Crippen LogP contribution in [-0.4, -0.2) is 76.7 Å². The summed E-state index contributed by atoms with van der Waals surface area (Å²) < 4.78 is 1.62. The van der Waals surface area contributed by atoms with Crippen LogP contribution in [-0.2, 0) is 0 Å². The normalized spacial score (nSPS) is 16.0. The van der Waals surface area contributed by atoms with Crippen LogP contribution >= 0.6 is 0 Å². The number of hydrogen-bond donors (Lipinski definition) is 1. The number of aromatic nitrogens is 4. The summed E-state index contributed by atoms with van der Waals surface area (Å²) >= 11 is 0. The van der Waals surface area contributed by atoms with Gasteiger partial charge in [-0.3, -0.25) is 4.79 Å². The Labute approximate surface area is 195 Å². The molecule has 3 aromatic heterocycles. The maximum Gasteiger partial charge on any atom is 0.277 e. The van der Waals surface area contributed by atoms with Crippen LogP contribution in [0.25, 0.3) is 5.65 Å². The first-order valence-electron chi connectivity index (χ1n) is 11.8. The summed E-state index contributed by atoms with van der Waals surface area (Å²) in [5.41, 5.74) is 1.03. The molecule has 4 rings (SSSR count). The third-order valence-electron chi connectivity index (χ3n) is 6.09. The number of rotatable bonds is 9. The van der Waals surface area contributed by atoms with Gasteiger partial charge in [-0.2, -0.15) is 0 Å². The lowest BCUT2D eigenvalue weighted by Crippen LogP contribution is -2.32. The lowest BCUT2D eigenvalue weighted by Gasteiger charge is -2.23. The Hall–Kier alpha value is -3.20. The van der Waals surface area contributed by atoms with Gasteiger partial charge in [-0.05, 0) is 57.6 Å². The van der Waals surface area contributed by atoms with Crippen molar-refractivity contribution in [1.82, 2.24) is 24.5 Å². The molecule has 0 radical (unpaired) electrons. The van der Waals surface area contributed by atoms with E-state index < -0.39 is 0 Å². The van der Waals surface area contributed by atoms with Crippen molar-refractivity contribution in [3.05, 3.63) is 42.2 Å². The molecule has 1 saturated heterocycles. The first-order chi connectivity index (χ1) is 16.0. The summed E-state index contributed by atoms with van der Waals surface area (Å²) in [6.07, 6.45) is 4.75. The zero-order valence-electron chi connectivity index (χ0n) is 20.0. The van der Waals surface area contributed by atoms with Crippen LogP contribution in [0.5, 0.6) is 0 Å². The fourth-order valence-electron chi connectivity index (χ4n) is 4.29. The van der Waals surface area contributed by atoms with Crippen LogP contribution in [0.15, 0.2) is 36.5 Å². The monoisotopic (exact) mass is 450 g/mol. The highest BCUT2D eigenvalue weighted by molar-refractivity contribution is 6.02. The first-order valence-corrected chi connectivity index (χ1v) is 11.8. The fourth-order valence-corrected chi connectivity index (χ4v) is 4.29. The van der Waals surface area contributed by atoms with Crippen LogP contribution < -0.4 is 15.1 Å². The summed E-state index contributed by atoms with van der Waals surface area (Å²) in [6.45, 7) is 8.05. The predicted octanol–water partition coefficient (Wildman–Crippen LogP) is 3.14. The molecule has 1 aliphatic heterocycles. The molecule has 3 aromatic rings. The second-order valence-electron chi connectivity index (χ2n) is 8.78. The van der Waals surface area contributed by atoms with Gasteiger partial charge >= 0.3 is 0 Å². The molecule has 0 spiro atoms. The number of carbonyl (C=O) groups excluding carboxylic acids is 1. The molecule has 9 heteroatoms. The van der Waals surface area contributed by atoms with Crippen LogP contribution in [0.2, 0.25) is 0 Å². The van der Waals surface area contributed by atoms with Crippen molar-refractivity contribution in [2.75, 3.05) is 55.4 Å². The number of anilines is 3. The molecule has 1 fully saturated rings. The van der Waals surface area contributed by atoms with Crippen molar-refractivity contribution < 1.29 is 4.79 Å². The molecule has 1 atom stereocenters. The standard InChI is InChI=1S/C24H34N8O/c1-5-13-30(14-6-2)22-9-7-8-20(26-22)27-24(33)19-16-25-21-10-11-23(28-32(19)21)31-15-12-18(17-31)29(3)4/h7-11,16,18H,5-6,12-15,17H2,1-4H3,(H,26,27,33)/t18-/m1/s1. The van der Waals surface area contributed by atoms with Gasteiger partial charge in [0.25, 0.3) is 5.91 Å². The Balaban J connectivity index is 1.53. The summed E-state index contributed by atoms with van der Waals surface area (Å²) in [6, 6.07) is 10.1. The van der Waals surface area contributed by atoms with Crippen LogP contribution in [0, 0.1) is 0 Å². The van der Waals surface area contributed by atoms with Crippen molar-refractivity contribution in [3.63, 3.8) is 0 Å². The van der Waals surface area contributed by atoms with Crippen LogP contribution in [0.4, 0.5) is 17.5 Å². The van der Waals surface area contributed by atoms with Crippen molar-refractivity contribution in [2.45, 2.75) is 39.2 Å². The summed E-state index contributed by atoms with van der Waals surface area (Å²) in [4.78, 5) is 28.9. The number of imidazole rings is 1. The molecule has 1 amide bonds. The van der Waals surface area contributed by atoms with Gasteiger partial charge < -0.3 is 20.0 Å². The minimum atomic E-state index is -0.276. The van der Waals surface area contributed by atoms with E-state index in [0.29, 0.717) is 23.2 Å². The van der Waals surface area contributed by atoms with Crippen LogP contribution in [0.3, 0.4) is 0 Å². The number of nitrogens with one attached hydrogen (secondary N) is 1. The van der Waals surface area contributed by atoms with E-state index in [4.69, 9.17) is 5.10 Å². The average molecular weight is 451 g/mol. The van der Waals surface area contributed by atoms with Crippen LogP contribution in [0.1, 0.15) is 43.6 Å². The van der Waals surface area contributed by atoms with E-state index in [0.717, 1.165) is 57.1 Å². The lowest BCUT2D eigenvalue weighted by molar-refractivity contribution is 0.102. The van der Waals surface area contributed by atoms with Crippen molar-refractivity contribution in [1.29, 1.82) is 0 Å². The number of nitrogens with zero attached hydrogens (tertiary/aromatic N) is 7. The van der Waals surface area contributed by atoms with E-state index in [1.165, 1.54) is 0 Å². The molecule has 4 heterocycles. The lowest BCUT2D eigenvalue weighted by atomic mass is 10.2.